The van der Waals surface area contributed by atoms with Crippen molar-refractivity contribution in [2.24, 2.45) is 11.8 Å². The Balaban J connectivity index is 1.61. The number of rotatable bonds is 4. The summed E-state index contributed by atoms with van der Waals surface area (Å²) in [5, 5.41) is 22.3. The molecule has 2 fully saturated rings. The maximum absolute atomic E-state index is 10.6. The molecule has 1 aliphatic carbocycles. The van der Waals surface area contributed by atoms with Gasteiger partial charge in [-0.05, 0) is 55.5 Å². The average Bonchev–Trinajstić information content (AvgIpc) is 2.88. The predicted octanol–water partition coefficient (Wildman–Crippen LogP) is 1.05. The highest BCUT2D eigenvalue weighted by Crippen LogP contribution is 2.34. The molecule has 1 aromatic rings. The Morgan fingerprint density at radius 1 is 1.19 bits per heavy atom. The van der Waals surface area contributed by atoms with E-state index in [2.05, 4.69) is 5.32 Å². The number of aliphatic hydroxyl groups is 1. The molecule has 21 heavy (non-hydrogen) atoms. The van der Waals surface area contributed by atoms with Crippen molar-refractivity contribution in [1.82, 2.24) is 5.32 Å². The van der Waals surface area contributed by atoms with Gasteiger partial charge in [0.15, 0.2) is 0 Å². The van der Waals surface area contributed by atoms with E-state index in [1.54, 1.807) is 24.3 Å². The summed E-state index contributed by atoms with van der Waals surface area (Å²) < 4.78 is 5.91. The van der Waals surface area contributed by atoms with Crippen molar-refractivity contribution in [2.45, 2.75) is 31.5 Å². The number of aliphatic carboxylic acids is 1. The van der Waals surface area contributed by atoms with Gasteiger partial charge in [0, 0.05) is 0 Å². The number of fused-ring (bicyclic) bond motifs is 1. The lowest BCUT2D eigenvalue weighted by Crippen LogP contribution is -2.42. The minimum absolute atomic E-state index is 0.0156. The Morgan fingerprint density at radius 3 is 2.52 bits per heavy atom. The molecule has 4 atom stereocenters. The highest BCUT2D eigenvalue weighted by atomic mass is 16.5. The highest BCUT2D eigenvalue weighted by Gasteiger charge is 2.39. The Morgan fingerprint density at radius 2 is 1.86 bits per heavy atom. The molecule has 0 unspecified atom stereocenters. The molecule has 0 radical (unpaired) electrons. The van der Waals surface area contributed by atoms with Crippen molar-refractivity contribution in [3.63, 3.8) is 0 Å². The zero-order valence-corrected chi connectivity index (χ0v) is 11.9. The van der Waals surface area contributed by atoms with E-state index in [9.17, 15) is 9.90 Å². The van der Waals surface area contributed by atoms with Crippen LogP contribution in [0.4, 0.5) is 0 Å². The molecule has 0 spiro atoms. The van der Waals surface area contributed by atoms with Gasteiger partial charge in [-0.3, -0.25) is 4.79 Å². The molecular formula is C16H21NO4. The molecule has 3 rings (SSSR count). The van der Waals surface area contributed by atoms with Gasteiger partial charge in [0.1, 0.15) is 11.9 Å². The zero-order valence-electron chi connectivity index (χ0n) is 11.9. The second kappa shape index (κ2) is 6.03. The van der Waals surface area contributed by atoms with E-state index in [1.807, 2.05) is 0 Å². The van der Waals surface area contributed by atoms with Crippen LogP contribution in [0.25, 0.3) is 0 Å². The minimum atomic E-state index is -0.842. The van der Waals surface area contributed by atoms with Gasteiger partial charge in [-0.1, -0.05) is 12.1 Å². The molecule has 3 N–H and O–H groups in total. The van der Waals surface area contributed by atoms with E-state index < -0.39 is 12.1 Å². The summed E-state index contributed by atoms with van der Waals surface area (Å²) in [4.78, 5) is 10.6. The lowest BCUT2D eigenvalue weighted by atomic mass is 9.78. The molecule has 5 heteroatoms. The quantitative estimate of drug-likeness (QED) is 0.773. The van der Waals surface area contributed by atoms with Crippen LogP contribution < -0.4 is 10.1 Å². The smallest absolute Gasteiger partial charge is 0.307 e. The molecule has 0 bridgehead atoms. The maximum Gasteiger partial charge on any atom is 0.307 e. The molecule has 114 valence electrons. The maximum atomic E-state index is 10.6. The molecule has 5 nitrogen and oxygen atoms in total. The molecule has 1 heterocycles. The molecule has 0 amide bonds. The lowest BCUT2D eigenvalue weighted by molar-refractivity contribution is -0.136. The van der Waals surface area contributed by atoms with Crippen LogP contribution in [0.15, 0.2) is 24.3 Å². The van der Waals surface area contributed by atoms with Gasteiger partial charge < -0.3 is 20.3 Å². The fourth-order valence-electron chi connectivity index (χ4n) is 3.42. The van der Waals surface area contributed by atoms with Crippen LogP contribution in [0, 0.1) is 11.8 Å². The first-order valence-electron chi connectivity index (χ1n) is 7.48. The molecule has 1 saturated heterocycles. The number of ether oxygens (including phenoxy) is 1. The summed E-state index contributed by atoms with van der Waals surface area (Å²) in [5.41, 5.74) is 0.749. The van der Waals surface area contributed by atoms with Gasteiger partial charge in [0.2, 0.25) is 0 Å². The minimum Gasteiger partial charge on any atom is -0.488 e. The molecule has 0 aromatic heterocycles. The SMILES string of the molecule is O=C(O)Cc1ccc(O[C@@H]2C[C@@H]3CNC[C@@H]3C[C@H]2O)cc1. The number of benzene rings is 1. The molecule has 1 aliphatic heterocycles. The second-order valence-electron chi connectivity index (χ2n) is 6.09. The van der Waals surface area contributed by atoms with Crippen LogP contribution in [-0.2, 0) is 11.2 Å². The van der Waals surface area contributed by atoms with Crippen molar-refractivity contribution in [3.05, 3.63) is 29.8 Å². The molecule has 2 aliphatic rings. The number of aliphatic hydroxyl groups excluding tert-OH is 1. The normalized spacial score (nSPS) is 31.7. The first-order valence-corrected chi connectivity index (χ1v) is 7.48. The fourth-order valence-corrected chi connectivity index (χ4v) is 3.42. The largest absolute Gasteiger partial charge is 0.488 e. The number of carboxylic acid groups (broad SMARTS) is 1. The Labute approximate surface area is 123 Å². The van der Waals surface area contributed by atoms with Crippen LogP contribution >= 0.6 is 0 Å². The number of hydrogen-bond acceptors (Lipinski definition) is 4. The van der Waals surface area contributed by atoms with E-state index in [0.717, 1.165) is 31.5 Å². The summed E-state index contributed by atoms with van der Waals surface area (Å²) in [6, 6.07) is 7.09. The Hall–Kier alpha value is -1.59. The summed E-state index contributed by atoms with van der Waals surface area (Å²) in [6.45, 7) is 2.01. The summed E-state index contributed by atoms with van der Waals surface area (Å²) in [7, 11) is 0. The monoisotopic (exact) mass is 291 g/mol. The number of hydrogen-bond donors (Lipinski definition) is 3. The number of carbonyl (C=O) groups is 1. The van der Waals surface area contributed by atoms with Crippen molar-refractivity contribution in [3.8, 4) is 5.75 Å². The first-order chi connectivity index (χ1) is 10.1. The van der Waals surface area contributed by atoms with Crippen LogP contribution in [0.3, 0.4) is 0 Å². The molecule has 1 aromatic carbocycles. The van der Waals surface area contributed by atoms with Crippen LogP contribution in [0.2, 0.25) is 0 Å². The van der Waals surface area contributed by atoms with Crippen LogP contribution in [0.1, 0.15) is 18.4 Å². The topological polar surface area (TPSA) is 78.8 Å². The van der Waals surface area contributed by atoms with Gasteiger partial charge in [-0.25, -0.2) is 0 Å². The van der Waals surface area contributed by atoms with Crippen LogP contribution in [-0.4, -0.2) is 41.5 Å². The zero-order chi connectivity index (χ0) is 14.8. The van der Waals surface area contributed by atoms with Crippen molar-refractivity contribution < 1.29 is 19.7 Å². The van der Waals surface area contributed by atoms with Gasteiger partial charge in [0.25, 0.3) is 0 Å². The van der Waals surface area contributed by atoms with Crippen molar-refractivity contribution >= 4 is 5.97 Å². The number of nitrogens with one attached hydrogen (secondary N) is 1. The standard InChI is InChI=1S/C16H21NO4/c18-14-6-11-8-17-9-12(11)7-15(14)21-13-3-1-10(2-4-13)5-16(19)20/h1-4,11-12,14-15,17-18H,5-9H2,(H,19,20)/t11-,12+,14+,15+/m0/s1. The summed E-state index contributed by atoms with van der Waals surface area (Å²) in [5.74, 6) is 1.01. The predicted molar refractivity (Wildman–Crippen MR) is 77.3 cm³/mol. The van der Waals surface area contributed by atoms with Crippen molar-refractivity contribution in [1.29, 1.82) is 0 Å². The fraction of sp³-hybridized carbons (Fsp3) is 0.562. The Bertz CT molecular complexity index is 502. The van der Waals surface area contributed by atoms with Gasteiger partial charge in [-0.15, -0.1) is 0 Å². The highest BCUT2D eigenvalue weighted by molar-refractivity contribution is 5.70. The van der Waals surface area contributed by atoms with Gasteiger partial charge >= 0.3 is 5.97 Å². The number of carboxylic acids is 1. The van der Waals surface area contributed by atoms with Crippen molar-refractivity contribution in [2.75, 3.05) is 13.1 Å². The van der Waals surface area contributed by atoms with Gasteiger partial charge in [-0.2, -0.15) is 0 Å². The van der Waals surface area contributed by atoms with Gasteiger partial charge in [0.05, 0.1) is 12.5 Å². The van der Waals surface area contributed by atoms with E-state index >= 15 is 0 Å². The molecular weight excluding hydrogens is 270 g/mol. The molecule has 1 saturated carbocycles. The van der Waals surface area contributed by atoms with E-state index in [1.165, 1.54) is 0 Å². The van der Waals surface area contributed by atoms with Crippen LogP contribution in [0.5, 0.6) is 5.75 Å². The van der Waals surface area contributed by atoms with E-state index in [4.69, 9.17) is 9.84 Å². The average molecular weight is 291 g/mol. The lowest BCUT2D eigenvalue weighted by Gasteiger charge is -2.35. The third kappa shape index (κ3) is 3.36. The second-order valence-corrected chi connectivity index (χ2v) is 6.09. The third-order valence-electron chi connectivity index (χ3n) is 4.55. The summed E-state index contributed by atoms with van der Waals surface area (Å²) >= 11 is 0. The third-order valence-corrected chi connectivity index (χ3v) is 4.55. The van der Waals surface area contributed by atoms with E-state index in [0.29, 0.717) is 17.6 Å². The first kappa shape index (κ1) is 14.4. The summed E-state index contributed by atoms with van der Waals surface area (Å²) in [6.07, 6.45) is 1.08. The van der Waals surface area contributed by atoms with E-state index in [-0.39, 0.29) is 12.5 Å². The Kier molecular flexibility index (Phi) is 4.12.